The molecule has 1 saturated carbocycles. The highest BCUT2D eigenvalue weighted by Crippen LogP contribution is 2.39. The third kappa shape index (κ3) is 2.43. The lowest BCUT2D eigenvalue weighted by molar-refractivity contribution is -0.144. The Balaban J connectivity index is 1.96. The first-order valence-electron chi connectivity index (χ1n) is 6.38. The van der Waals surface area contributed by atoms with Gasteiger partial charge >= 0.3 is 12.0 Å². The zero-order chi connectivity index (χ0) is 13.3. The Morgan fingerprint density at radius 3 is 2.50 bits per heavy atom. The van der Waals surface area contributed by atoms with Gasteiger partial charge in [-0.05, 0) is 32.1 Å². The maximum atomic E-state index is 12.0. The number of likely N-dealkylation sites (tertiary alicyclic amines) is 1. The molecule has 0 spiro atoms. The second-order valence-corrected chi connectivity index (χ2v) is 5.50. The summed E-state index contributed by atoms with van der Waals surface area (Å²) < 4.78 is 0. The molecule has 0 radical (unpaired) electrons. The van der Waals surface area contributed by atoms with Gasteiger partial charge in [0.2, 0.25) is 0 Å². The molecule has 6 nitrogen and oxygen atoms in total. The lowest BCUT2D eigenvalue weighted by atomic mass is 9.96. The van der Waals surface area contributed by atoms with Crippen LogP contribution in [-0.2, 0) is 4.79 Å². The summed E-state index contributed by atoms with van der Waals surface area (Å²) in [5, 5.41) is 20.9. The molecule has 0 aromatic carbocycles. The number of carboxylic acid groups (broad SMARTS) is 1. The average molecular weight is 256 g/mol. The summed E-state index contributed by atoms with van der Waals surface area (Å²) in [6.07, 6.45) is 2.47. The van der Waals surface area contributed by atoms with Crippen molar-refractivity contribution in [2.45, 2.75) is 31.7 Å². The zero-order valence-electron chi connectivity index (χ0n) is 10.6. The number of hydrogen-bond acceptors (Lipinski definition) is 3. The van der Waals surface area contributed by atoms with Gasteiger partial charge in [-0.1, -0.05) is 0 Å². The number of carbonyl (C=O) groups is 2. The fourth-order valence-corrected chi connectivity index (χ4v) is 2.46. The Bertz CT molecular complexity index is 356. The van der Waals surface area contributed by atoms with Crippen LogP contribution in [0.2, 0.25) is 0 Å². The minimum absolute atomic E-state index is 0.0372. The molecular formula is C12H20N2O4. The minimum Gasteiger partial charge on any atom is -0.480 e. The molecule has 1 saturated heterocycles. The number of aliphatic carboxylic acids is 1. The summed E-state index contributed by atoms with van der Waals surface area (Å²) in [4.78, 5) is 24.9. The minimum atomic E-state index is -1.16. The van der Waals surface area contributed by atoms with Crippen molar-refractivity contribution < 1.29 is 19.8 Å². The molecule has 2 aliphatic rings. The van der Waals surface area contributed by atoms with E-state index in [1.165, 1.54) is 0 Å². The number of carboxylic acids is 1. The quantitative estimate of drug-likeness (QED) is 0.673. The number of rotatable bonds is 4. The summed E-state index contributed by atoms with van der Waals surface area (Å²) >= 11 is 0. The van der Waals surface area contributed by atoms with Crippen LogP contribution in [0, 0.1) is 11.8 Å². The Kier molecular flexibility index (Phi) is 3.47. The predicted molar refractivity (Wildman–Crippen MR) is 64.1 cm³/mol. The van der Waals surface area contributed by atoms with Crippen molar-refractivity contribution in [3.63, 3.8) is 0 Å². The molecule has 2 atom stereocenters. The number of nitrogens with one attached hydrogen (secondary N) is 1. The van der Waals surface area contributed by atoms with Crippen LogP contribution in [0.1, 0.15) is 26.2 Å². The maximum Gasteiger partial charge on any atom is 0.329 e. The maximum absolute atomic E-state index is 12.0. The molecule has 2 amide bonds. The predicted octanol–water partition coefficient (Wildman–Crippen LogP) is 0.264. The summed E-state index contributed by atoms with van der Waals surface area (Å²) in [5.74, 6) is -0.820. The summed E-state index contributed by atoms with van der Waals surface area (Å²) in [6.45, 7) is 2.73. The van der Waals surface area contributed by atoms with Gasteiger partial charge in [-0.2, -0.15) is 0 Å². The number of amides is 2. The van der Waals surface area contributed by atoms with E-state index >= 15 is 0 Å². The summed E-state index contributed by atoms with van der Waals surface area (Å²) in [5.41, 5.74) is -1.16. The monoisotopic (exact) mass is 256 g/mol. The molecule has 2 rings (SSSR count). The van der Waals surface area contributed by atoms with E-state index < -0.39 is 11.5 Å². The highest BCUT2D eigenvalue weighted by molar-refractivity contribution is 5.86. The molecule has 3 N–H and O–H groups in total. The van der Waals surface area contributed by atoms with Crippen LogP contribution in [0.5, 0.6) is 0 Å². The van der Waals surface area contributed by atoms with Crippen molar-refractivity contribution in [2.24, 2.45) is 11.8 Å². The molecule has 102 valence electrons. The molecule has 1 heterocycles. The Labute approximate surface area is 106 Å². The van der Waals surface area contributed by atoms with Gasteiger partial charge in [-0.25, -0.2) is 9.59 Å². The standard InChI is InChI=1S/C12H20N2O4/c1-12(10(16)17,9-2-3-9)13-11(18)14-5-4-8(6-14)7-15/h8-9,15H,2-7H2,1H3,(H,13,18)(H,16,17). The fraction of sp³-hybridized carbons (Fsp3) is 0.833. The van der Waals surface area contributed by atoms with Crippen molar-refractivity contribution in [1.82, 2.24) is 10.2 Å². The Morgan fingerprint density at radius 2 is 2.06 bits per heavy atom. The Hall–Kier alpha value is -1.30. The van der Waals surface area contributed by atoms with Gasteiger partial charge in [-0.15, -0.1) is 0 Å². The SMILES string of the molecule is CC(NC(=O)N1CCC(CO)C1)(C(=O)O)C1CC1. The van der Waals surface area contributed by atoms with Gasteiger partial charge in [0.1, 0.15) is 5.54 Å². The van der Waals surface area contributed by atoms with Crippen LogP contribution in [0.3, 0.4) is 0 Å². The number of nitrogens with zero attached hydrogens (tertiary/aromatic N) is 1. The van der Waals surface area contributed by atoms with Crippen LogP contribution in [0.4, 0.5) is 4.79 Å². The molecule has 1 aliphatic heterocycles. The van der Waals surface area contributed by atoms with Crippen LogP contribution in [0.25, 0.3) is 0 Å². The van der Waals surface area contributed by atoms with E-state index in [-0.39, 0.29) is 24.5 Å². The van der Waals surface area contributed by atoms with E-state index in [1.54, 1.807) is 11.8 Å². The third-order valence-electron chi connectivity index (χ3n) is 4.04. The smallest absolute Gasteiger partial charge is 0.329 e. The van der Waals surface area contributed by atoms with E-state index in [4.69, 9.17) is 5.11 Å². The summed E-state index contributed by atoms with van der Waals surface area (Å²) in [7, 11) is 0. The van der Waals surface area contributed by atoms with Gasteiger partial charge in [0.25, 0.3) is 0 Å². The van der Waals surface area contributed by atoms with Crippen molar-refractivity contribution in [2.75, 3.05) is 19.7 Å². The third-order valence-corrected chi connectivity index (χ3v) is 4.04. The molecule has 18 heavy (non-hydrogen) atoms. The molecule has 0 aromatic heterocycles. The van der Waals surface area contributed by atoms with E-state index in [9.17, 15) is 14.7 Å². The number of aliphatic hydroxyl groups is 1. The van der Waals surface area contributed by atoms with Crippen LogP contribution < -0.4 is 5.32 Å². The van der Waals surface area contributed by atoms with Crippen molar-refractivity contribution in [1.29, 1.82) is 0 Å². The molecule has 2 fully saturated rings. The average Bonchev–Trinajstić information content (AvgIpc) is 3.07. The normalized spacial score (nSPS) is 26.8. The lowest BCUT2D eigenvalue weighted by Gasteiger charge is -2.29. The number of hydrogen-bond donors (Lipinski definition) is 3. The van der Waals surface area contributed by atoms with Crippen molar-refractivity contribution >= 4 is 12.0 Å². The Morgan fingerprint density at radius 1 is 1.39 bits per heavy atom. The van der Waals surface area contributed by atoms with Gasteiger partial charge in [-0.3, -0.25) is 0 Å². The molecular weight excluding hydrogens is 236 g/mol. The van der Waals surface area contributed by atoms with E-state index in [1.807, 2.05) is 0 Å². The highest BCUT2D eigenvalue weighted by atomic mass is 16.4. The van der Waals surface area contributed by atoms with Crippen LogP contribution >= 0.6 is 0 Å². The van der Waals surface area contributed by atoms with E-state index in [0.29, 0.717) is 13.1 Å². The van der Waals surface area contributed by atoms with Gasteiger partial charge in [0, 0.05) is 25.6 Å². The molecule has 0 bridgehead atoms. The first-order valence-corrected chi connectivity index (χ1v) is 6.38. The number of carbonyl (C=O) groups excluding carboxylic acids is 1. The van der Waals surface area contributed by atoms with E-state index in [0.717, 1.165) is 19.3 Å². The number of urea groups is 1. The number of aliphatic hydroxyl groups excluding tert-OH is 1. The van der Waals surface area contributed by atoms with Crippen molar-refractivity contribution in [3.8, 4) is 0 Å². The van der Waals surface area contributed by atoms with Gasteiger partial charge < -0.3 is 20.4 Å². The first-order chi connectivity index (χ1) is 8.47. The van der Waals surface area contributed by atoms with Crippen LogP contribution in [0.15, 0.2) is 0 Å². The largest absolute Gasteiger partial charge is 0.480 e. The second-order valence-electron chi connectivity index (χ2n) is 5.50. The lowest BCUT2D eigenvalue weighted by Crippen LogP contribution is -2.57. The fourth-order valence-electron chi connectivity index (χ4n) is 2.46. The van der Waals surface area contributed by atoms with E-state index in [2.05, 4.69) is 5.32 Å². The summed E-state index contributed by atoms with van der Waals surface area (Å²) in [6, 6.07) is -0.331. The molecule has 1 aliphatic carbocycles. The zero-order valence-corrected chi connectivity index (χ0v) is 10.6. The van der Waals surface area contributed by atoms with Crippen molar-refractivity contribution in [3.05, 3.63) is 0 Å². The van der Waals surface area contributed by atoms with Gasteiger partial charge in [0.05, 0.1) is 0 Å². The molecule has 6 heteroatoms. The topological polar surface area (TPSA) is 89.9 Å². The molecule has 2 unspecified atom stereocenters. The first kappa shape index (κ1) is 13.1. The highest BCUT2D eigenvalue weighted by Gasteiger charge is 2.49. The molecule has 0 aromatic rings. The van der Waals surface area contributed by atoms with Gasteiger partial charge in [0.15, 0.2) is 0 Å². The second kappa shape index (κ2) is 4.76. The van der Waals surface area contributed by atoms with Crippen LogP contribution in [-0.4, -0.2) is 52.3 Å².